The Kier molecular flexibility index (Phi) is 4.06. The number of benzene rings is 1. The molecule has 0 spiro atoms. The average Bonchev–Trinajstić information content (AvgIpc) is 2.96. The van der Waals surface area contributed by atoms with Gasteiger partial charge in [-0.15, -0.1) is 0 Å². The van der Waals surface area contributed by atoms with Gasteiger partial charge in [0.25, 0.3) is 0 Å². The van der Waals surface area contributed by atoms with Crippen LogP contribution in [0.25, 0.3) is 10.9 Å². The lowest BCUT2D eigenvalue weighted by Crippen LogP contribution is -2.08. The summed E-state index contributed by atoms with van der Waals surface area (Å²) in [7, 11) is 0. The minimum Gasteiger partial charge on any atom is -0.471 e. The van der Waals surface area contributed by atoms with Crippen molar-refractivity contribution in [3.8, 4) is 5.88 Å². The lowest BCUT2D eigenvalue weighted by Gasteiger charge is -2.11. The van der Waals surface area contributed by atoms with E-state index < -0.39 is 0 Å². The van der Waals surface area contributed by atoms with Gasteiger partial charge < -0.3 is 9.84 Å². The van der Waals surface area contributed by atoms with Crippen LogP contribution in [0.5, 0.6) is 5.88 Å². The van der Waals surface area contributed by atoms with Gasteiger partial charge in [0.2, 0.25) is 5.88 Å². The van der Waals surface area contributed by atoms with E-state index in [-0.39, 0.29) is 12.6 Å². The molecule has 0 atom stereocenters. The van der Waals surface area contributed by atoms with Gasteiger partial charge in [-0.1, -0.05) is 24.3 Å². The largest absolute Gasteiger partial charge is 0.471 e. The van der Waals surface area contributed by atoms with Crippen molar-refractivity contribution in [2.45, 2.75) is 33.1 Å². The van der Waals surface area contributed by atoms with E-state index in [1.165, 1.54) is 0 Å². The van der Waals surface area contributed by atoms with Gasteiger partial charge in [-0.05, 0) is 26.0 Å². The molecule has 3 aromatic rings. The highest BCUT2D eigenvalue weighted by atomic mass is 16.5. The number of fused-ring (bicyclic) bond motifs is 1. The SMILES string of the molecule is CC(C)n1nc(CO)cc1OCc1ccc2ccccc2n1. The molecule has 0 unspecified atom stereocenters. The number of nitrogens with zero attached hydrogens (tertiary/aromatic N) is 3. The van der Waals surface area contributed by atoms with Crippen LogP contribution in [0.15, 0.2) is 42.5 Å². The molecule has 0 aliphatic carbocycles. The molecule has 114 valence electrons. The molecule has 0 radical (unpaired) electrons. The van der Waals surface area contributed by atoms with Crippen LogP contribution in [0, 0.1) is 0 Å². The predicted molar refractivity (Wildman–Crippen MR) is 84.6 cm³/mol. The highest BCUT2D eigenvalue weighted by Crippen LogP contribution is 2.20. The second-order valence-electron chi connectivity index (χ2n) is 5.45. The maximum Gasteiger partial charge on any atom is 0.212 e. The second kappa shape index (κ2) is 6.15. The Balaban J connectivity index is 1.80. The van der Waals surface area contributed by atoms with Crippen LogP contribution in [0.2, 0.25) is 0 Å². The number of ether oxygens (including phenoxy) is 1. The number of para-hydroxylation sites is 1. The van der Waals surface area contributed by atoms with Gasteiger partial charge in [-0.3, -0.25) is 0 Å². The molecule has 2 aromatic heterocycles. The molecular formula is C17H19N3O2. The molecule has 0 saturated carbocycles. The molecule has 0 saturated heterocycles. The van der Waals surface area contributed by atoms with Crippen LogP contribution < -0.4 is 4.74 Å². The number of pyridine rings is 1. The molecule has 5 nitrogen and oxygen atoms in total. The van der Waals surface area contributed by atoms with E-state index in [9.17, 15) is 5.11 Å². The van der Waals surface area contributed by atoms with Gasteiger partial charge >= 0.3 is 0 Å². The second-order valence-corrected chi connectivity index (χ2v) is 5.45. The molecular weight excluding hydrogens is 278 g/mol. The number of aliphatic hydroxyl groups is 1. The Morgan fingerprint density at radius 1 is 1.14 bits per heavy atom. The number of aromatic nitrogens is 3. The van der Waals surface area contributed by atoms with Crippen molar-refractivity contribution in [2.24, 2.45) is 0 Å². The van der Waals surface area contributed by atoms with E-state index in [2.05, 4.69) is 10.1 Å². The van der Waals surface area contributed by atoms with E-state index in [0.29, 0.717) is 18.2 Å². The zero-order valence-corrected chi connectivity index (χ0v) is 12.7. The molecule has 1 N–H and O–H groups in total. The Bertz CT molecular complexity index is 780. The summed E-state index contributed by atoms with van der Waals surface area (Å²) >= 11 is 0. The molecule has 3 rings (SSSR count). The van der Waals surface area contributed by atoms with E-state index >= 15 is 0 Å². The van der Waals surface area contributed by atoms with Crippen molar-refractivity contribution < 1.29 is 9.84 Å². The van der Waals surface area contributed by atoms with Crippen molar-refractivity contribution in [3.05, 3.63) is 53.9 Å². The summed E-state index contributed by atoms with van der Waals surface area (Å²) < 4.78 is 7.61. The quantitative estimate of drug-likeness (QED) is 0.786. The first-order chi connectivity index (χ1) is 10.7. The summed E-state index contributed by atoms with van der Waals surface area (Å²) in [6, 6.07) is 13.9. The van der Waals surface area contributed by atoms with Crippen LogP contribution in [-0.2, 0) is 13.2 Å². The van der Waals surface area contributed by atoms with E-state index in [4.69, 9.17) is 4.74 Å². The Morgan fingerprint density at radius 3 is 2.73 bits per heavy atom. The number of aliphatic hydroxyl groups excluding tert-OH is 1. The average molecular weight is 297 g/mol. The summed E-state index contributed by atoms with van der Waals surface area (Å²) in [5, 5.41) is 14.6. The van der Waals surface area contributed by atoms with Crippen molar-refractivity contribution in [3.63, 3.8) is 0 Å². The van der Waals surface area contributed by atoms with Crippen molar-refractivity contribution in [1.82, 2.24) is 14.8 Å². The zero-order valence-electron chi connectivity index (χ0n) is 12.7. The van der Waals surface area contributed by atoms with Gasteiger partial charge in [0, 0.05) is 11.5 Å². The third-order valence-corrected chi connectivity index (χ3v) is 3.43. The maximum atomic E-state index is 9.22. The van der Waals surface area contributed by atoms with Gasteiger partial charge in [-0.25, -0.2) is 9.67 Å². The normalized spacial score (nSPS) is 11.3. The highest BCUT2D eigenvalue weighted by Gasteiger charge is 2.11. The van der Waals surface area contributed by atoms with Gasteiger partial charge in [-0.2, -0.15) is 5.10 Å². The Hall–Kier alpha value is -2.40. The summed E-state index contributed by atoms with van der Waals surface area (Å²) in [5.74, 6) is 0.647. The van der Waals surface area contributed by atoms with Crippen molar-refractivity contribution in [2.75, 3.05) is 0 Å². The molecule has 0 aliphatic heterocycles. The van der Waals surface area contributed by atoms with Crippen LogP contribution in [0.1, 0.15) is 31.3 Å². The first-order valence-electron chi connectivity index (χ1n) is 7.34. The first-order valence-corrected chi connectivity index (χ1v) is 7.34. The van der Waals surface area contributed by atoms with Crippen LogP contribution >= 0.6 is 0 Å². The highest BCUT2D eigenvalue weighted by molar-refractivity contribution is 5.78. The minimum absolute atomic E-state index is 0.0930. The molecule has 22 heavy (non-hydrogen) atoms. The fourth-order valence-corrected chi connectivity index (χ4v) is 2.32. The van der Waals surface area contributed by atoms with E-state index in [1.807, 2.05) is 50.2 Å². The molecule has 0 aliphatic rings. The first kappa shape index (κ1) is 14.5. The predicted octanol–water partition coefficient (Wildman–Crippen LogP) is 3.08. The molecule has 0 fully saturated rings. The summed E-state index contributed by atoms with van der Waals surface area (Å²) in [5.41, 5.74) is 2.42. The van der Waals surface area contributed by atoms with Gasteiger partial charge in [0.1, 0.15) is 6.61 Å². The molecule has 5 heteroatoms. The molecule has 2 heterocycles. The van der Waals surface area contributed by atoms with Gasteiger partial charge in [0.05, 0.1) is 29.6 Å². The lowest BCUT2D eigenvalue weighted by atomic mass is 10.2. The summed E-state index contributed by atoms with van der Waals surface area (Å²) in [6.07, 6.45) is 0. The minimum atomic E-state index is -0.0930. The smallest absolute Gasteiger partial charge is 0.212 e. The van der Waals surface area contributed by atoms with Crippen LogP contribution in [0.4, 0.5) is 0 Å². The molecule has 0 bridgehead atoms. The molecule has 0 amide bonds. The zero-order chi connectivity index (χ0) is 15.5. The number of hydrogen-bond donors (Lipinski definition) is 1. The van der Waals surface area contributed by atoms with Crippen LogP contribution in [-0.4, -0.2) is 19.9 Å². The third kappa shape index (κ3) is 2.94. The number of hydrogen-bond acceptors (Lipinski definition) is 4. The van der Waals surface area contributed by atoms with Crippen molar-refractivity contribution >= 4 is 10.9 Å². The fraction of sp³-hybridized carbons (Fsp3) is 0.294. The molecule has 1 aromatic carbocycles. The summed E-state index contributed by atoms with van der Waals surface area (Å²) in [4.78, 5) is 4.59. The third-order valence-electron chi connectivity index (χ3n) is 3.43. The summed E-state index contributed by atoms with van der Waals surface area (Å²) in [6.45, 7) is 4.32. The van der Waals surface area contributed by atoms with E-state index in [1.54, 1.807) is 10.7 Å². The monoisotopic (exact) mass is 297 g/mol. The Labute approximate surface area is 129 Å². The number of rotatable bonds is 5. The van der Waals surface area contributed by atoms with Crippen LogP contribution in [0.3, 0.4) is 0 Å². The standard InChI is InChI=1S/C17H19N3O2/c1-12(2)20-17(9-15(10-21)19-20)22-11-14-8-7-13-5-3-4-6-16(13)18-14/h3-9,12,21H,10-11H2,1-2H3. The Morgan fingerprint density at radius 2 is 1.95 bits per heavy atom. The van der Waals surface area contributed by atoms with E-state index in [0.717, 1.165) is 16.6 Å². The topological polar surface area (TPSA) is 60.2 Å². The lowest BCUT2D eigenvalue weighted by molar-refractivity contribution is 0.260. The van der Waals surface area contributed by atoms with Gasteiger partial charge in [0.15, 0.2) is 0 Å². The van der Waals surface area contributed by atoms with Crippen molar-refractivity contribution in [1.29, 1.82) is 0 Å². The maximum absolute atomic E-state index is 9.22. The fourth-order valence-electron chi connectivity index (χ4n) is 2.32.